The van der Waals surface area contributed by atoms with Crippen LogP contribution in [-0.2, 0) is 11.2 Å². The molecular formula is C16H17N3O. The van der Waals surface area contributed by atoms with Gasteiger partial charge in [0.2, 0.25) is 5.91 Å². The van der Waals surface area contributed by atoms with E-state index in [2.05, 4.69) is 10.3 Å². The number of nitrogens with one attached hydrogen (secondary N) is 1. The number of carbonyl (C=O) groups excluding carboxylic acids is 1. The molecule has 3 rings (SSSR count). The van der Waals surface area contributed by atoms with Crippen LogP contribution in [0, 0.1) is 0 Å². The average Bonchev–Trinajstić information content (AvgIpc) is 2.70. The highest BCUT2D eigenvalue weighted by atomic mass is 16.2. The lowest BCUT2D eigenvalue weighted by Gasteiger charge is -2.22. The third kappa shape index (κ3) is 2.64. The fraction of sp³-hybridized carbons (Fsp3) is 0.250. The second kappa shape index (κ2) is 5.74. The summed E-state index contributed by atoms with van der Waals surface area (Å²) in [6, 6.07) is 11.8. The second-order valence-corrected chi connectivity index (χ2v) is 4.88. The molecule has 0 unspecified atom stereocenters. The average molecular weight is 267 g/mol. The van der Waals surface area contributed by atoms with E-state index in [4.69, 9.17) is 0 Å². The van der Waals surface area contributed by atoms with Crippen molar-refractivity contribution in [1.82, 2.24) is 4.98 Å². The molecule has 0 aliphatic carbocycles. The highest BCUT2D eigenvalue weighted by molar-refractivity contribution is 5.98. The smallest absolute Gasteiger partial charge is 0.231 e. The Balaban J connectivity index is 1.84. The van der Waals surface area contributed by atoms with Crippen LogP contribution in [0.4, 0.5) is 11.4 Å². The number of benzene rings is 1. The molecule has 0 radical (unpaired) electrons. The molecule has 102 valence electrons. The largest absolute Gasteiger partial charge is 0.383 e. The normalized spacial score (nSPS) is 14.1. The number of pyridine rings is 1. The molecule has 2 aromatic rings. The van der Waals surface area contributed by atoms with E-state index >= 15 is 0 Å². The van der Waals surface area contributed by atoms with Crippen molar-refractivity contribution in [2.24, 2.45) is 0 Å². The first-order valence-electron chi connectivity index (χ1n) is 6.87. The summed E-state index contributed by atoms with van der Waals surface area (Å²) in [5, 5.41) is 3.37. The van der Waals surface area contributed by atoms with Gasteiger partial charge >= 0.3 is 0 Å². The van der Waals surface area contributed by atoms with E-state index in [1.54, 1.807) is 12.4 Å². The van der Waals surface area contributed by atoms with Gasteiger partial charge in [-0.15, -0.1) is 0 Å². The standard InChI is InChI=1S/C16H17N3O/c20-16(11-13-5-3-8-17-12-13)19-10-4-9-18-14-6-1-2-7-15(14)19/h1-3,5-8,12,18H,4,9-11H2. The topological polar surface area (TPSA) is 45.2 Å². The van der Waals surface area contributed by atoms with E-state index in [0.29, 0.717) is 6.42 Å². The summed E-state index contributed by atoms with van der Waals surface area (Å²) >= 11 is 0. The van der Waals surface area contributed by atoms with Gasteiger partial charge in [-0.3, -0.25) is 9.78 Å². The SMILES string of the molecule is O=C(Cc1cccnc1)N1CCCNc2ccccc21. The molecule has 1 aromatic heterocycles. The van der Waals surface area contributed by atoms with Gasteiger partial charge in [-0.25, -0.2) is 0 Å². The summed E-state index contributed by atoms with van der Waals surface area (Å²) < 4.78 is 0. The fourth-order valence-electron chi connectivity index (χ4n) is 2.47. The minimum atomic E-state index is 0.120. The van der Waals surface area contributed by atoms with Crippen LogP contribution in [0.5, 0.6) is 0 Å². The number of anilines is 2. The highest BCUT2D eigenvalue weighted by Crippen LogP contribution is 2.28. The molecule has 2 heterocycles. The van der Waals surface area contributed by atoms with Crippen molar-refractivity contribution >= 4 is 17.3 Å². The third-order valence-electron chi connectivity index (χ3n) is 3.45. The van der Waals surface area contributed by atoms with Crippen LogP contribution in [0.25, 0.3) is 0 Å². The van der Waals surface area contributed by atoms with Gasteiger partial charge in [-0.2, -0.15) is 0 Å². The molecule has 1 aromatic carbocycles. The van der Waals surface area contributed by atoms with E-state index in [9.17, 15) is 4.79 Å². The van der Waals surface area contributed by atoms with Crippen LogP contribution < -0.4 is 10.2 Å². The van der Waals surface area contributed by atoms with Crippen molar-refractivity contribution < 1.29 is 4.79 Å². The van der Waals surface area contributed by atoms with Crippen molar-refractivity contribution in [1.29, 1.82) is 0 Å². The molecule has 1 N–H and O–H groups in total. The van der Waals surface area contributed by atoms with Crippen molar-refractivity contribution in [3.63, 3.8) is 0 Å². The minimum Gasteiger partial charge on any atom is -0.383 e. The maximum absolute atomic E-state index is 12.6. The molecule has 0 spiro atoms. The molecule has 4 nitrogen and oxygen atoms in total. The van der Waals surface area contributed by atoms with Crippen molar-refractivity contribution in [3.05, 3.63) is 54.4 Å². The number of fused-ring (bicyclic) bond motifs is 1. The Bertz CT molecular complexity index is 598. The van der Waals surface area contributed by atoms with Crippen molar-refractivity contribution in [3.8, 4) is 0 Å². The summed E-state index contributed by atoms with van der Waals surface area (Å²) in [5.74, 6) is 0.120. The van der Waals surface area contributed by atoms with Gasteiger partial charge < -0.3 is 10.2 Å². The number of hydrogen-bond acceptors (Lipinski definition) is 3. The molecule has 0 fully saturated rings. The second-order valence-electron chi connectivity index (χ2n) is 4.88. The van der Waals surface area contributed by atoms with Gasteiger partial charge in [-0.05, 0) is 30.2 Å². The molecule has 1 aliphatic rings. The third-order valence-corrected chi connectivity index (χ3v) is 3.45. The molecule has 1 aliphatic heterocycles. The summed E-state index contributed by atoms with van der Waals surface area (Å²) in [6.45, 7) is 1.65. The molecular weight excluding hydrogens is 250 g/mol. The van der Waals surface area contributed by atoms with E-state index in [0.717, 1.165) is 36.4 Å². The quantitative estimate of drug-likeness (QED) is 0.909. The Kier molecular flexibility index (Phi) is 3.63. The Morgan fingerprint density at radius 2 is 2.15 bits per heavy atom. The van der Waals surface area contributed by atoms with Crippen LogP contribution in [0.1, 0.15) is 12.0 Å². The number of aromatic nitrogens is 1. The number of nitrogens with zero attached hydrogens (tertiary/aromatic N) is 2. The minimum absolute atomic E-state index is 0.120. The summed E-state index contributed by atoms with van der Waals surface area (Å²) in [7, 11) is 0. The zero-order valence-corrected chi connectivity index (χ0v) is 11.2. The summed E-state index contributed by atoms with van der Waals surface area (Å²) in [5.41, 5.74) is 2.95. The Labute approximate surface area is 118 Å². The van der Waals surface area contributed by atoms with E-state index in [1.807, 2.05) is 41.3 Å². The summed E-state index contributed by atoms with van der Waals surface area (Å²) in [6.07, 6.45) is 4.81. The number of para-hydroxylation sites is 2. The van der Waals surface area contributed by atoms with Crippen LogP contribution in [0.3, 0.4) is 0 Å². The maximum Gasteiger partial charge on any atom is 0.231 e. The predicted molar refractivity (Wildman–Crippen MR) is 79.8 cm³/mol. The monoisotopic (exact) mass is 267 g/mol. The van der Waals surface area contributed by atoms with E-state index in [-0.39, 0.29) is 5.91 Å². The number of rotatable bonds is 2. The van der Waals surface area contributed by atoms with Gasteiger partial charge in [0.05, 0.1) is 17.8 Å². The van der Waals surface area contributed by atoms with Gasteiger partial charge in [0.15, 0.2) is 0 Å². The molecule has 0 saturated carbocycles. The van der Waals surface area contributed by atoms with Crippen molar-refractivity contribution in [2.45, 2.75) is 12.8 Å². The Morgan fingerprint density at radius 1 is 1.25 bits per heavy atom. The first-order valence-corrected chi connectivity index (χ1v) is 6.87. The molecule has 0 saturated heterocycles. The van der Waals surface area contributed by atoms with Crippen LogP contribution >= 0.6 is 0 Å². The lowest BCUT2D eigenvalue weighted by molar-refractivity contribution is -0.118. The predicted octanol–water partition coefficient (Wildman–Crippen LogP) is 2.47. The Hall–Kier alpha value is -2.36. The van der Waals surface area contributed by atoms with Gasteiger partial charge in [0.25, 0.3) is 0 Å². The van der Waals surface area contributed by atoms with E-state index in [1.165, 1.54) is 0 Å². The van der Waals surface area contributed by atoms with Gasteiger partial charge in [-0.1, -0.05) is 18.2 Å². The number of amides is 1. The van der Waals surface area contributed by atoms with Crippen LogP contribution in [0.2, 0.25) is 0 Å². The molecule has 0 bridgehead atoms. The number of carbonyl (C=O) groups is 1. The van der Waals surface area contributed by atoms with Crippen LogP contribution in [-0.4, -0.2) is 24.0 Å². The molecule has 20 heavy (non-hydrogen) atoms. The number of hydrogen-bond donors (Lipinski definition) is 1. The molecule has 4 heteroatoms. The maximum atomic E-state index is 12.6. The lowest BCUT2D eigenvalue weighted by atomic mass is 10.1. The van der Waals surface area contributed by atoms with Gasteiger partial charge in [0.1, 0.15) is 0 Å². The first kappa shape index (κ1) is 12.7. The Morgan fingerprint density at radius 3 is 3.00 bits per heavy atom. The van der Waals surface area contributed by atoms with E-state index < -0.39 is 0 Å². The fourth-order valence-corrected chi connectivity index (χ4v) is 2.47. The van der Waals surface area contributed by atoms with Crippen LogP contribution in [0.15, 0.2) is 48.8 Å². The summed E-state index contributed by atoms with van der Waals surface area (Å²) in [4.78, 5) is 18.5. The lowest BCUT2D eigenvalue weighted by Crippen LogP contribution is -2.32. The van der Waals surface area contributed by atoms with Crippen molar-refractivity contribution in [2.75, 3.05) is 23.3 Å². The zero-order chi connectivity index (χ0) is 13.8. The highest BCUT2D eigenvalue weighted by Gasteiger charge is 2.20. The zero-order valence-electron chi connectivity index (χ0n) is 11.2. The first-order chi connectivity index (χ1) is 9.84. The van der Waals surface area contributed by atoms with Gasteiger partial charge in [0, 0.05) is 25.5 Å². The molecule has 0 atom stereocenters. The molecule has 1 amide bonds.